The highest BCUT2D eigenvalue weighted by atomic mass is 19.4. The van der Waals surface area contributed by atoms with E-state index in [1.807, 2.05) is 4.90 Å². The number of nitrogens with zero attached hydrogens (tertiary/aromatic N) is 6. The molecule has 13 heteroatoms. The van der Waals surface area contributed by atoms with Gasteiger partial charge in [0.05, 0.1) is 29.2 Å². The van der Waals surface area contributed by atoms with E-state index in [0.717, 1.165) is 18.2 Å². The molecule has 1 N–H and O–H groups in total. The van der Waals surface area contributed by atoms with E-state index in [9.17, 15) is 32.4 Å². The van der Waals surface area contributed by atoms with Gasteiger partial charge in [-0.2, -0.15) is 23.5 Å². The van der Waals surface area contributed by atoms with Gasteiger partial charge in [0.15, 0.2) is 5.69 Å². The van der Waals surface area contributed by atoms with E-state index in [4.69, 9.17) is 0 Å². The van der Waals surface area contributed by atoms with Crippen LogP contribution in [0.1, 0.15) is 34.5 Å². The van der Waals surface area contributed by atoms with Gasteiger partial charge >= 0.3 is 6.18 Å². The zero-order chi connectivity index (χ0) is 30.4. The summed E-state index contributed by atoms with van der Waals surface area (Å²) in [5.74, 6) is -0.991. The Hall–Kier alpha value is -5.25. The monoisotopic (exact) mass is 589 g/mol. The number of pyridine rings is 1. The van der Waals surface area contributed by atoms with E-state index in [0.29, 0.717) is 29.8 Å². The van der Waals surface area contributed by atoms with Gasteiger partial charge in [-0.05, 0) is 73.5 Å². The number of hydrogen-bond donors (Lipinski definition) is 1. The Bertz CT molecular complexity index is 1740. The molecule has 2 aliphatic heterocycles. The fourth-order valence-corrected chi connectivity index (χ4v) is 5.66. The number of hydrogen-bond acceptors (Lipinski definition) is 6. The van der Waals surface area contributed by atoms with Gasteiger partial charge in [-0.15, -0.1) is 0 Å². The second-order valence-corrected chi connectivity index (χ2v) is 10.3. The standard InChI is InChI=1S/C30H23F4N7O2/c31-22-4-6-23(7-5-22)40-18-37-28(43)29(40)9-12-39(13-10-29)27(42)24-15-26(19-2-1-11-36-17-19)41(38-24)25-8-3-21(30(32,33)34)14-20(25)16-35/h1-8,11,14-15,17H,9-10,12-13,18H2,(H,37,43). The number of piperidine rings is 1. The van der Waals surface area contributed by atoms with Gasteiger partial charge in [0.1, 0.15) is 17.4 Å². The number of benzene rings is 2. The molecule has 2 fully saturated rings. The Morgan fingerprint density at radius 3 is 2.44 bits per heavy atom. The molecule has 0 saturated carbocycles. The molecular weight excluding hydrogens is 566 g/mol. The number of nitriles is 1. The van der Waals surface area contributed by atoms with Crippen molar-refractivity contribution in [2.24, 2.45) is 0 Å². The summed E-state index contributed by atoms with van der Waals surface area (Å²) in [4.78, 5) is 34.3. The summed E-state index contributed by atoms with van der Waals surface area (Å²) in [6, 6.07) is 15.3. The van der Waals surface area contributed by atoms with Gasteiger partial charge in [-0.1, -0.05) is 0 Å². The summed E-state index contributed by atoms with van der Waals surface area (Å²) in [6.07, 6.45) is -0.945. The number of nitrogens with one attached hydrogen (secondary N) is 1. The summed E-state index contributed by atoms with van der Waals surface area (Å²) < 4.78 is 54.8. The van der Waals surface area contributed by atoms with Crippen molar-refractivity contribution in [1.82, 2.24) is 25.0 Å². The number of halogens is 4. The molecule has 2 aliphatic rings. The average molecular weight is 590 g/mol. The number of rotatable bonds is 4. The van der Waals surface area contributed by atoms with Gasteiger partial charge in [-0.3, -0.25) is 14.6 Å². The van der Waals surface area contributed by atoms with E-state index in [1.54, 1.807) is 41.4 Å². The third-order valence-electron chi connectivity index (χ3n) is 7.91. The zero-order valence-corrected chi connectivity index (χ0v) is 22.5. The van der Waals surface area contributed by atoms with Crippen molar-refractivity contribution in [3.63, 3.8) is 0 Å². The van der Waals surface area contributed by atoms with Crippen molar-refractivity contribution in [2.75, 3.05) is 24.7 Å². The lowest BCUT2D eigenvalue weighted by molar-refractivity contribution is -0.137. The van der Waals surface area contributed by atoms with Gasteiger partial charge in [0.25, 0.3) is 5.91 Å². The first-order valence-electron chi connectivity index (χ1n) is 13.3. The number of carbonyl (C=O) groups is 2. The third kappa shape index (κ3) is 4.94. The minimum Gasteiger partial charge on any atom is -0.339 e. The van der Waals surface area contributed by atoms with Crippen LogP contribution in [-0.4, -0.2) is 56.8 Å². The number of amides is 2. The smallest absolute Gasteiger partial charge is 0.339 e. The first-order chi connectivity index (χ1) is 20.6. The van der Waals surface area contributed by atoms with Crippen LogP contribution < -0.4 is 10.2 Å². The predicted octanol–water partition coefficient (Wildman–Crippen LogP) is 4.53. The topological polar surface area (TPSA) is 107 Å². The lowest BCUT2D eigenvalue weighted by Crippen LogP contribution is -2.57. The van der Waals surface area contributed by atoms with Crippen molar-refractivity contribution in [3.8, 4) is 23.0 Å². The Labute approximate surface area is 243 Å². The lowest BCUT2D eigenvalue weighted by Gasteiger charge is -2.43. The van der Waals surface area contributed by atoms with E-state index in [-0.39, 0.29) is 48.4 Å². The SMILES string of the molecule is N#Cc1cc(C(F)(F)F)ccc1-n1nc(C(=O)N2CCC3(CC2)C(=O)NCN3c2ccc(F)cc2)cc1-c1cccnc1. The molecule has 0 aliphatic carbocycles. The van der Waals surface area contributed by atoms with E-state index < -0.39 is 23.2 Å². The van der Waals surface area contributed by atoms with Gasteiger partial charge < -0.3 is 15.1 Å². The first kappa shape index (κ1) is 27.9. The molecule has 2 amide bonds. The largest absolute Gasteiger partial charge is 0.416 e. The highest BCUT2D eigenvalue weighted by Crippen LogP contribution is 2.37. The third-order valence-corrected chi connectivity index (χ3v) is 7.91. The normalized spacial score (nSPS) is 16.3. The summed E-state index contributed by atoms with van der Waals surface area (Å²) in [5, 5.41) is 17.0. The van der Waals surface area contributed by atoms with Crippen LogP contribution in [0.15, 0.2) is 73.1 Å². The second-order valence-electron chi connectivity index (χ2n) is 10.3. The van der Waals surface area contributed by atoms with Crippen molar-refractivity contribution < 1.29 is 27.2 Å². The Morgan fingerprint density at radius 2 is 1.79 bits per heavy atom. The minimum absolute atomic E-state index is 0.0184. The molecule has 43 heavy (non-hydrogen) atoms. The molecule has 2 saturated heterocycles. The number of aromatic nitrogens is 3. The predicted molar refractivity (Wildman–Crippen MR) is 146 cm³/mol. The van der Waals surface area contributed by atoms with Gasteiger partial charge in [-0.25, -0.2) is 9.07 Å². The molecule has 218 valence electrons. The first-order valence-corrected chi connectivity index (χ1v) is 13.3. The van der Waals surface area contributed by atoms with Crippen LogP contribution >= 0.6 is 0 Å². The van der Waals surface area contributed by atoms with Crippen molar-refractivity contribution >= 4 is 17.5 Å². The van der Waals surface area contributed by atoms with Crippen LogP contribution in [0.4, 0.5) is 23.2 Å². The fourth-order valence-electron chi connectivity index (χ4n) is 5.66. The summed E-state index contributed by atoms with van der Waals surface area (Å²) >= 11 is 0. The Kier molecular flexibility index (Phi) is 6.84. The molecule has 2 aromatic carbocycles. The lowest BCUT2D eigenvalue weighted by atomic mass is 9.85. The summed E-state index contributed by atoms with van der Waals surface area (Å²) in [6.45, 7) is 0.706. The van der Waals surface area contributed by atoms with Crippen LogP contribution in [-0.2, 0) is 11.0 Å². The molecule has 1 spiro atoms. The molecule has 0 unspecified atom stereocenters. The molecule has 0 radical (unpaired) electrons. The number of likely N-dealkylation sites (tertiary alicyclic amines) is 1. The molecule has 0 atom stereocenters. The zero-order valence-electron chi connectivity index (χ0n) is 22.5. The Balaban J connectivity index is 1.31. The molecule has 4 heterocycles. The molecular formula is C30H23F4N7O2. The van der Waals surface area contributed by atoms with Crippen molar-refractivity contribution in [2.45, 2.75) is 24.6 Å². The van der Waals surface area contributed by atoms with Crippen LogP contribution in [0.25, 0.3) is 16.9 Å². The second kappa shape index (κ2) is 10.5. The van der Waals surface area contributed by atoms with E-state index in [1.165, 1.54) is 29.1 Å². The van der Waals surface area contributed by atoms with Crippen molar-refractivity contribution in [1.29, 1.82) is 5.26 Å². The molecule has 9 nitrogen and oxygen atoms in total. The average Bonchev–Trinajstić information content (AvgIpc) is 3.59. The van der Waals surface area contributed by atoms with Crippen molar-refractivity contribution in [3.05, 3.63) is 95.7 Å². The quantitative estimate of drug-likeness (QED) is 0.351. The maximum Gasteiger partial charge on any atom is 0.416 e. The van der Waals surface area contributed by atoms with Crippen LogP contribution in [0, 0.1) is 17.1 Å². The summed E-state index contributed by atoms with van der Waals surface area (Å²) in [7, 11) is 0. The maximum atomic E-state index is 13.7. The van der Waals surface area contributed by atoms with Crippen LogP contribution in [0.2, 0.25) is 0 Å². The molecule has 4 aromatic rings. The fraction of sp³-hybridized carbons (Fsp3) is 0.233. The van der Waals surface area contributed by atoms with Gasteiger partial charge in [0.2, 0.25) is 5.91 Å². The number of anilines is 1. The number of carbonyl (C=O) groups excluding carboxylic acids is 2. The van der Waals surface area contributed by atoms with Crippen LogP contribution in [0.5, 0.6) is 0 Å². The van der Waals surface area contributed by atoms with Crippen LogP contribution in [0.3, 0.4) is 0 Å². The Morgan fingerprint density at radius 1 is 1.05 bits per heavy atom. The molecule has 2 aromatic heterocycles. The molecule has 0 bridgehead atoms. The highest BCUT2D eigenvalue weighted by molar-refractivity contribution is 5.96. The minimum atomic E-state index is -4.64. The van der Waals surface area contributed by atoms with E-state index >= 15 is 0 Å². The number of alkyl halides is 3. The summed E-state index contributed by atoms with van der Waals surface area (Å²) in [5.41, 5.74) is -0.483. The van der Waals surface area contributed by atoms with E-state index in [2.05, 4.69) is 15.4 Å². The molecule has 6 rings (SSSR count). The van der Waals surface area contributed by atoms with Gasteiger partial charge in [0, 0.05) is 36.7 Å². The maximum absolute atomic E-state index is 13.7. The highest BCUT2D eigenvalue weighted by Gasteiger charge is 2.51.